The van der Waals surface area contributed by atoms with Crippen LogP contribution in [0.5, 0.6) is 5.75 Å². The number of nitrogens with one attached hydrogen (secondary N) is 1. The zero-order valence-electron chi connectivity index (χ0n) is 13.0. The fourth-order valence-electron chi connectivity index (χ4n) is 1.93. The summed E-state index contributed by atoms with van der Waals surface area (Å²) < 4.78 is 9.70. The molecular formula is C16H13ClN2O6. The summed E-state index contributed by atoms with van der Waals surface area (Å²) in [6.07, 6.45) is 0. The van der Waals surface area contributed by atoms with Gasteiger partial charge in [0, 0.05) is 16.8 Å². The normalized spacial score (nSPS) is 10.0. The molecule has 1 amide bonds. The van der Waals surface area contributed by atoms with Crippen LogP contribution in [0.25, 0.3) is 0 Å². The zero-order chi connectivity index (χ0) is 18.4. The van der Waals surface area contributed by atoms with E-state index in [2.05, 4.69) is 10.1 Å². The largest absolute Gasteiger partial charge is 0.477 e. The number of nitrogens with zero attached hydrogens (tertiary/aromatic N) is 1. The summed E-state index contributed by atoms with van der Waals surface area (Å²) in [5.41, 5.74) is 0.0278. The summed E-state index contributed by atoms with van der Waals surface area (Å²) in [5, 5.41) is 14.1. The van der Waals surface area contributed by atoms with Crippen molar-refractivity contribution in [3.05, 3.63) is 63.2 Å². The van der Waals surface area contributed by atoms with Crippen LogP contribution < -0.4 is 10.1 Å². The second-order valence-corrected chi connectivity index (χ2v) is 5.21. The second-order valence-electron chi connectivity index (χ2n) is 4.78. The molecule has 8 nitrogen and oxygen atoms in total. The molecule has 0 unspecified atom stereocenters. The van der Waals surface area contributed by atoms with Crippen LogP contribution in [0.1, 0.15) is 10.4 Å². The summed E-state index contributed by atoms with van der Waals surface area (Å²) >= 11 is 5.81. The molecule has 0 aromatic heterocycles. The molecule has 0 aliphatic rings. The number of anilines is 1. The van der Waals surface area contributed by atoms with Crippen molar-refractivity contribution in [2.75, 3.05) is 19.0 Å². The number of halogens is 1. The van der Waals surface area contributed by atoms with Gasteiger partial charge in [-0.05, 0) is 30.3 Å². The molecule has 0 aliphatic carbocycles. The number of benzene rings is 2. The van der Waals surface area contributed by atoms with Crippen LogP contribution in [0.3, 0.4) is 0 Å². The van der Waals surface area contributed by atoms with Crippen molar-refractivity contribution in [2.24, 2.45) is 0 Å². The molecule has 9 heteroatoms. The van der Waals surface area contributed by atoms with Gasteiger partial charge in [0.2, 0.25) is 0 Å². The van der Waals surface area contributed by atoms with Crippen LogP contribution in [0.15, 0.2) is 42.5 Å². The maximum atomic E-state index is 11.9. The van der Waals surface area contributed by atoms with Crippen LogP contribution in [0.2, 0.25) is 5.02 Å². The van der Waals surface area contributed by atoms with Gasteiger partial charge in [0.25, 0.3) is 5.91 Å². The molecule has 0 bridgehead atoms. The summed E-state index contributed by atoms with van der Waals surface area (Å²) in [5.74, 6) is -1.37. The van der Waals surface area contributed by atoms with E-state index >= 15 is 0 Å². The topological polar surface area (TPSA) is 108 Å². The number of carbonyl (C=O) groups is 2. The number of methoxy groups -OCH3 is 1. The van der Waals surface area contributed by atoms with Gasteiger partial charge in [-0.3, -0.25) is 14.9 Å². The Hall–Kier alpha value is -3.13. The van der Waals surface area contributed by atoms with E-state index in [1.807, 2.05) is 0 Å². The third-order valence-corrected chi connectivity index (χ3v) is 3.28. The lowest BCUT2D eigenvalue weighted by Crippen LogP contribution is -2.20. The van der Waals surface area contributed by atoms with Gasteiger partial charge in [-0.15, -0.1) is 0 Å². The van der Waals surface area contributed by atoms with Gasteiger partial charge in [-0.1, -0.05) is 17.7 Å². The maximum absolute atomic E-state index is 11.9. The standard InChI is InChI=1S/C16H13ClN2O6/c1-24-16(21)10-5-6-14(13(7-10)19(22)23)25-9-15(20)18-12-4-2-3-11(17)8-12/h2-8H,9H2,1H3,(H,18,20). The number of rotatable bonds is 6. The highest BCUT2D eigenvalue weighted by molar-refractivity contribution is 6.30. The Labute approximate surface area is 147 Å². The van der Waals surface area contributed by atoms with E-state index < -0.39 is 29.1 Å². The first-order valence-corrected chi connectivity index (χ1v) is 7.33. The Balaban J connectivity index is 2.07. The third-order valence-electron chi connectivity index (χ3n) is 3.04. The van der Waals surface area contributed by atoms with Gasteiger partial charge >= 0.3 is 11.7 Å². The highest BCUT2D eigenvalue weighted by atomic mass is 35.5. The molecule has 1 N–H and O–H groups in total. The van der Waals surface area contributed by atoms with Crippen LogP contribution in [-0.4, -0.2) is 30.5 Å². The summed E-state index contributed by atoms with van der Waals surface area (Å²) in [4.78, 5) is 33.7. The first kappa shape index (κ1) is 18.2. The smallest absolute Gasteiger partial charge is 0.338 e. The van der Waals surface area contributed by atoms with Crippen LogP contribution in [-0.2, 0) is 9.53 Å². The molecule has 2 aromatic rings. The average Bonchev–Trinajstić information content (AvgIpc) is 2.59. The minimum absolute atomic E-state index is 0.00456. The predicted octanol–water partition coefficient (Wildman–Crippen LogP) is 3.05. The van der Waals surface area contributed by atoms with E-state index in [-0.39, 0.29) is 11.3 Å². The second kappa shape index (κ2) is 8.11. The number of hydrogen-bond donors (Lipinski definition) is 1. The summed E-state index contributed by atoms with van der Waals surface area (Å²) in [6, 6.07) is 10.1. The number of hydrogen-bond acceptors (Lipinski definition) is 6. The van der Waals surface area contributed by atoms with E-state index in [1.165, 1.54) is 19.2 Å². The van der Waals surface area contributed by atoms with Crippen LogP contribution in [0.4, 0.5) is 11.4 Å². The molecule has 0 heterocycles. The monoisotopic (exact) mass is 364 g/mol. The minimum Gasteiger partial charge on any atom is -0.477 e. The van der Waals surface area contributed by atoms with E-state index in [0.29, 0.717) is 10.7 Å². The molecule has 25 heavy (non-hydrogen) atoms. The maximum Gasteiger partial charge on any atom is 0.338 e. The lowest BCUT2D eigenvalue weighted by molar-refractivity contribution is -0.385. The van der Waals surface area contributed by atoms with Crippen LogP contribution in [0, 0.1) is 10.1 Å². The Bertz CT molecular complexity index is 824. The Kier molecular flexibility index (Phi) is 5.91. The molecule has 130 valence electrons. The number of esters is 1. The van der Waals surface area contributed by atoms with Crippen molar-refractivity contribution in [1.82, 2.24) is 0 Å². The lowest BCUT2D eigenvalue weighted by atomic mass is 10.2. The Morgan fingerprint density at radius 3 is 2.64 bits per heavy atom. The highest BCUT2D eigenvalue weighted by Gasteiger charge is 2.20. The molecule has 0 radical (unpaired) electrons. The number of nitro benzene ring substituents is 1. The Morgan fingerprint density at radius 2 is 2.00 bits per heavy atom. The molecule has 0 aliphatic heterocycles. The fraction of sp³-hybridized carbons (Fsp3) is 0.125. The number of ether oxygens (including phenoxy) is 2. The molecule has 0 spiro atoms. The highest BCUT2D eigenvalue weighted by Crippen LogP contribution is 2.28. The fourth-order valence-corrected chi connectivity index (χ4v) is 2.12. The third kappa shape index (κ3) is 4.92. The van der Waals surface area contributed by atoms with E-state index in [0.717, 1.165) is 6.07 Å². The predicted molar refractivity (Wildman–Crippen MR) is 90.0 cm³/mol. The van der Waals surface area contributed by atoms with Crippen molar-refractivity contribution in [1.29, 1.82) is 0 Å². The quantitative estimate of drug-likeness (QED) is 0.479. The first-order valence-electron chi connectivity index (χ1n) is 6.95. The lowest BCUT2D eigenvalue weighted by Gasteiger charge is -2.09. The molecule has 0 saturated carbocycles. The first-order chi connectivity index (χ1) is 11.9. The van der Waals surface area contributed by atoms with Crippen molar-refractivity contribution >= 4 is 34.9 Å². The van der Waals surface area contributed by atoms with Gasteiger partial charge in [-0.25, -0.2) is 4.79 Å². The molecule has 2 rings (SSSR count). The number of nitro groups is 1. The van der Waals surface area contributed by atoms with E-state index in [1.54, 1.807) is 24.3 Å². The van der Waals surface area contributed by atoms with Gasteiger partial charge in [-0.2, -0.15) is 0 Å². The average molecular weight is 365 g/mol. The number of carbonyl (C=O) groups excluding carboxylic acids is 2. The van der Waals surface area contributed by atoms with Gasteiger partial charge < -0.3 is 14.8 Å². The van der Waals surface area contributed by atoms with E-state index in [4.69, 9.17) is 16.3 Å². The van der Waals surface area contributed by atoms with Crippen molar-refractivity contribution in [3.8, 4) is 5.75 Å². The molecule has 2 aromatic carbocycles. The molecule has 0 fully saturated rings. The molecule has 0 saturated heterocycles. The molecule has 0 atom stereocenters. The zero-order valence-corrected chi connectivity index (χ0v) is 13.8. The molecular weight excluding hydrogens is 352 g/mol. The van der Waals surface area contributed by atoms with E-state index in [9.17, 15) is 19.7 Å². The van der Waals surface area contributed by atoms with Gasteiger partial charge in [0.15, 0.2) is 12.4 Å². The minimum atomic E-state index is -0.714. The Morgan fingerprint density at radius 1 is 1.24 bits per heavy atom. The summed E-state index contributed by atoms with van der Waals surface area (Å²) in [6.45, 7) is -0.453. The summed E-state index contributed by atoms with van der Waals surface area (Å²) in [7, 11) is 1.17. The van der Waals surface area contributed by atoms with Crippen molar-refractivity contribution < 1.29 is 24.0 Å². The number of amides is 1. The van der Waals surface area contributed by atoms with Crippen LogP contribution >= 0.6 is 11.6 Å². The van der Waals surface area contributed by atoms with Gasteiger partial charge in [0.05, 0.1) is 17.6 Å². The van der Waals surface area contributed by atoms with Gasteiger partial charge in [0.1, 0.15) is 0 Å². The van der Waals surface area contributed by atoms with Crippen molar-refractivity contribution in [2.45, 2.75) is 0 Å². The SMILES string of the molecule is COC(=O)c1ccc(OCC(=O)Nc2cccc(Cl)c2)c([N+](=O)[O-])c1. The van der Waals surface area contributed by atoms with Crippen molar-refractivity contribution in [3.63, 3.8) is 0 Å².